The van der Waals surface area contributed by atoms with E-state index in [0.717, 1.165) is 24.2 Å². The third kappa shape index (κ3) is 6.37. The molecule has 0 spiro atoms. The maximum absolute atomic E-state index is 12.9. The summed E-state index contributed by atoms with van der Waals surface area (Å²) in [6.07, 6.45) is 4.86. The minimum atomic E-state index is -0.210. The molecule has 0 aromatic heterocycles. The average molecular weight is 428 g/mol. The maximum Gasteiger partial charge on any atom is 0.255 e. The molecule has 2 aromatic rings. The van der Waals surface area contributed by atoms with Gasteiger partial charge in [-0.3, -0.25) is 4.79 Å². The number of amides is 1. The summed E-state index contributed by atoms with van der Waals surface area (Å²) in [5.41, 5.74) is 1.44. The molecule has 1 N–H and O–H groups in total. The highest BCUT2D eigenvalue weighted by Gasteiger charge is 2.20. The van der Waals surface area contributed by atoms with Crippen LogP contribution in [0.25, 0.3) is 0 Å². The van der Waals surface area contributed by atoms with Crippen molar-refractivity contribution in [1.82, 2.24) is 5.32 Å². The van der Waals surface area contributed by atoms with Crippen LogP contribution in [0.2, 0.25) is 0 Å². The van der Waals surface area contributed by atoms with E-state index < -0.39 is 0 Å². The molecule has 6 nitrogen and oxygen atoms in total. The molecule has 1 amide bonds. The zero-order chi connectivity index (χ0) is 22.1. The van der Waals surface area contributed by atoms with Gasteiger partial charge in [-0.25, -0.2) is 0 Å². The van der Waals surface area contributed by atoms with Gasteiger partial charge in [0.25, 0.3) is 5.91 Å². The first kappa shape index (κ1) is 22.9. The summed E-state index contributed by atoms with van der Waals surface area (Å²) in [6.45, 7) is 5.40. The van der Waals surface area contributed by atoms with E-state index in [9.17, 15) is 4.79 Å². The van der Waals surface area contributed by atoms with Crippen molar-refractivity contribution in [3.63, 3.8) is 0 Å². The zero-order valence-corrected chi connectivity index (χ0v) is 18.7. The van der Waals surface area contributed by atoms with Crippen LogP contribution in [0.1, 0.15) is 61.5 Å². The lowest BCUT2D eigenvalue weighted by molar-refractivity contribution is 0.0923. The van der Waals surface area contributed by atoms with Crippen molar-refractivity contribution in [3.8, 4) is 17.2 Å². The molecule has 6 heteroatoms. The highest BCUT2D eigenvalue weighted by molar-refractivity contribution is 5.97. The fraction of sp³-hybridized carbons (Fsp3) is 0.480. The molecule has 31 heavy (non-hydrogen) atoms. The van der Waals surface area contributed by atoms with Crippen molar-refractivity contribution in [1.29, 1.82) is 0 Å². The van der Waals surface area contributed by atoms with Gasteiger partial charge in [-0.15, -0.1) is 0 Å². The van der Waals surface area contributed by atoms with Crippen molar-refractivity contribution >= 4 is 5.91 Å². The predicted molar refractivity (Wildman–Crippen MR) is 120 cm³/mol. The van der Waals surface area contributed by atoms with Crippen LogP contribution in [0, 0.1) is 0 Å². The molecule has 1 aliphatic rings. The highest BCUT2D eigenvalue weighted by atomic mass is 16.5. The van der Waals surface area contributed by atoms with E-state index in [1.165, 1.54) is 12.8 Å². The smallest absolute Gasteiger partial charge is 0.255 e. The Labute approximate surface area is 184 Å². The Kier molecular flexibility index (Phi) is 8.59. The first-order valence-electron chi connectivity index (χ1n) is 11.1. The molecule has 3 rings (SSSR count). The third-order valence-electron chi connectivity index (χ3n) is 5.45. The van der Waals surface area contributed by atoms with E-state index in [0.29, 0.717) is 36.9 Å². The fourth-order valence-corrected chi connectivity index (χ4v) is 3.73. The molecular weight excluding hydrogens is 394 g/mol. The Bertz CT molecular complexity index is 848. The Morgan fingerprint density at radius 2 is 1.84 bits per heavy atom. The van der Waals surface area contributed by atoms with Gasteiger partial charge in [0.1, 0.15) is 12.4 Å². The summed E-state index contributed by atoms with van der Waals surface area (Å²) < 4.78 is 22.7. The van der Waals surface area contributed by atoms with Crippen LogP contribution in [-0.4, -0.2) is 38.9 Å². The number of para-hydroxylation sites is 1. The molecule has 0 heterocycles. The van der Waals surface area contributed by atoms with Crippen LogP contribution < -0.4 is 19.5 Å². The summed E-state index contributed by atoms with van der Waals surface area (Å²) in [4.78, 5) is 12.9. The largest absolute Gasteiger partial charge is 0.493 e. The van der Waals surface area contributed by atoms with Crippen LogP contribution in [0.3, 0.4) is 0 Å². The lowest BCUT2D eigenvalue weighted by Crippen LogP contribution is -2.27. The Balaban J connectivity index is 1.65. The molecular formula is C25H33NO5. The molecule has 1 saturated carbocycles. The minimum Gasteiger partial charge on any atom is -0.493 e. The van der Waals surface area contributed by atoms with Gasteiger partial charge in [-0.05, 0) is 69.4 Å². The normalized spacial score (nSPS) is 14.8. The second-order valence-corrected chi connectivity index (χ2v) is 7.67. The van der Waals surface area contributed by atoms with Crippen LogP contribution in [0.4, 0.5) is 0 Å². The molecule has 168 valence electrons. The van der Waals surface area contributed by atoms with Gasteiger partial charge >= 0.3 is 0 Å². The lowest BCUT2D eigenvalue weighted by atomic mass is 10.1. The zero-order valence-electron chi connectivity index (χ0n) is 18.7. The SMILES string of the molecule is CCOCCOc1ccccc1C(=O)NC(C)c1ccc(OC2CCCC2)c(OC)c1. The van der Waals surface area contributed by atoms with Crippen molar-refractivity contribution in [2.75, 3.05) is 26.9 Å². The standard InChI is InChI=1S/C25H33NO5/c1-4-29-15-16-30-22-12-8-7-11-21(22)25(27)26-18(2)19-13-14-23(24(17-19)28-3)31-20-9-5-6-10-20/h7-8,11-14,17-18,20H,4-6,9-10,15-16H2,1-3H3,(H,26,27). The van der Waals surface area contributed by atoms with E-state index in [2.05, 4.69) is 5.32 Å². The van der Waals surface area contributed by atoms with Crippen LogP contribution in [0.5, 0.6) is 17.2 Å². The summed E-state index contributed by atoms with van der Waals surface area (Å²) in [6, 6.07) is 12.9. The molecule has 0 bridgehead atoms. The molecule has 0 aliphatic heterocycles. The number of carbonyl (C=O) groups is 1. The average Bonchev–Trinajstić information content (AvgIpc) is 3.30. The van der Waals surface area contributed by atoms with Crippen molar-refractivity contribution in [2.24, 2.45) is 0 Å². The first-order chi connectivity index (χ1) is 15.1. The highest BCUT2D eigenvalue weighted by Crippen LogP contribution is 2.34. The van der Waals surface area contributed by atoms with E-state index in [1.807, 2.05) is 44.2 Å². The number of carbonyl (C=O) groups excluding carboxylic acids is 1. The number of methoxy groups -OCH3 is 1. The van der Waals surface area contributed by atoms with E-state index >= 15 is 0 Å². The monoisotopic (exact) mass is 427 g/mol. The van der Waals surface area contributed by atoms with E-state index in [-0.39, 0.29) is 18.1 Å². The van der Waals surface area contributed by atoms with Crippen molar-refractivity contribution < 1.29 is 23.7 Å². The number of ether oxygens (including phenoxy) is 4. The van der Waals surface area contributed by atoms with Crippen LogP contribution in [0.15, 0.2) is 42.5 Å². The number of rotatable bonds is 11. The second kappa shape index (κ2) is 11.6. The molecule has 1 aliphatic carbocycles. The molecule has 0 saturated heterocycles. The predicted octanol–water partition coefficient (Wildman–Crippen LogP) is 4.92. The van der Waals surface area contributed by atoms with Crippen LogP contribution in [-0.2, 0) is 4.74 Å². The van der Waals surface area contributed by atoms with Crippen LogP contribution >= 0.6 is 0 Å². The Morgan fingerprint density at radius 3 is 2.58 bits per heavy atom. The summed E-state index contributed by atoms with van der Waals surface area (Å²) in [7, 11) is 1.64. The van der Waals surface area contributed by atoms with E-state index in [4.69, 9.17) is 18.9 Å². The summed E-state index contributed by atoms with van der Waals surface area (Å²) >= 11 is 0. The number of hydrogen-bond donors (Lipinski definition) is 1. The summed E-state index contributed by atoms with van der Waals surface area (Å²) in [5, 5.41) is 3.05. The first-order valence-corrected chi connectivity index (χ1v) is 11.1. The van der Waals surface area contributed by atoms with Gasteiger partial charge in [0.15, 0.2) is 11.5 Å². The van der Waals surface area contributed by atoms with E-state index in [1.54, 1.807) is 19.2 Å². The number of nitrogens with one attached hydrogen (secondary N) is 1. The molecule has 1 fully saturated rings. The van der Waals surface area contributed by atoms with Gasteiger partial charge in [0, 0.05) is 6.61 Å². The van der Waals surface area contributed by atoms with Gasteiger partial charge in [0.05, 0.1) is 31.4 Å². The molecule has 1 atom stereocenters. The topological polar surface area (TPSA) is 66.0 Å². The minimum absolute atomic E-state index is 0.190. The number of hydrogen-bond acceptors (Lipinski definition) is 5. The lowest BCUT2D eigenvalue weighted by Gasteiger charge is -2.20. The quantitative estimate of drug-likeness (QED) is 0.516. The Hall–Kier alpha value is -2.73. The molecule has 0 radical (unpaired) electrons. The maximum atomic E-state index is 12.9. The number of benzene rings is 2. The summed E-state index contributed by atoms with van der Waals surface area (Å²) in [5.74, 6) is 1.80. The van der Waals surface area contributed by atoms with Gasteiger partial charge in [-0.1, -0.05) is 18.2 Å². The fourth-order valence-electron chi connectivity index (χ4n) is 3.73. The molecule has 1 unspecified atom stereocenters. The van der Waals surface area contributed by atoms with Crippen molar-refractivity contribution in [2.45, 2.75) is 51.7 Å². The van der Waals surface area contributed by atoms with Crippen molar-refractivity contribution in [3.05, 3.63) is 53.6 Å². The second-order valence-electron chi connectivity index (χ2n) is 7.67. The Morgan fingerprint density at radius 1 is 1.06 bits per heavy atom. The van der Waals surface area contributed by atoms with Gasteiger partial charge in [-0.2, -0.15) is 0 Å². The molecule has 2 aromatic carbocycles. The third-order valence-corrected chi connectivity index (χ3v) is 5.45. The van der Waals surface area contributed by atoms with Gasteiger partial charge < -0.3 is 24.3 Å². The van der Waals surface area contributed by atoms with Gasteiger partial charge in [0.2, 0.25) is 0 Å².